The Hall–Kier alpha value is -2.48. The fourth-order valence-corrected chi connectivity index (χ4v) is 3.34. The number of hydrogen-bond acceptors (Lipinski definition) is 4. The van der Waals surface area contributed by atoms with Crippen LogP contribution < -0.4 is 0 Å². The van der Waals surface area contributed by atoms with Gasteiger partial charge in [-0.05, 0) is 6.07 Å². The van der Waals surface area contributed by atoms with Crippen molar-refractivity contribution in [2.45, 2.75) is 24.8 Å². The molecule has 0 saturated carbocycles. The first-order chi connectivity index (χ1) is 12.0. The zero-order valence-electron chi connectivity index (χ0n) is 13.0. The van der Waals surface area contributed by atoms with E-state index in [1.807, 2.05) is 0 Å². The van der Waals surface area contributed by atoms with E-state index in [1.54, 1.807) is 10.6 Å². The fraction of sp³-hybridized carbons (Fsp3) is 0.353. The number of imidazole rings is 1. The average Bonchev–Trinajstić information content (AvgIpc) is 3.11. The SMILES string of the molecule is Fc1cc2nc3n(c2cc1-c1cnc(C2(F)COC2)nc1)CCC3F. The third-order valence-electron chi connectivity index (χ3n) is 4.78. The van der Waals surface area contributed by atoms with Gasteiger partial charge >= 0.3 is 0 Å². The van der Waals surface area contributed by atoms with Gasteiger partial charge in [-0.3, -0.25) is 0 Å². The molecular weight excluding hydrogens is 333 g/mol. The molecule has 4 heterocycles. The number of alkyl halides is 2. The lowest BCUT2D eigenvalue weighted by molar-refractivity contribution is -0.140. The van der Waals surface area contributed by atoms with Crippen LogP contribution in [0.25, 0.3) is 22.2 Å². The van der Waals surface area contributed by atoms with E-state index in [0.717, 1.165) is 0 Å². The molecule has 5 nitrogen and oxygen atoms in total. The maximum Gasteiger partial charge on any atom is 0.215 e. The first kappa shape index (κ1) is 14.8. The van der Waals surface area contributed by atoms with Crippen LogP contribution >= 0.6 is 0 Å². The van der Waals surface area contributed by atoms with Gasteiger partial charge in [-0.15, -0.1) is 0 Å². The van der Waals surface area contributed by atoms with Crippen LogP contribution in [0.4, 0.5) is 13.2 Å². The Labute approximate surface area is 140 Å². The number of nitrogens with zero attached hydrogens (tertiary/aromatic N) is 4. The van der Waals surface area contributed by atoms with E-state index in [2.05, 4.69) is 15.0 Å². The van der Waals surface area contributed by atoms with Crippen molar-refractivity contribution in [1.29, 1.82) is 0 Å². The van der Waals surface area contributed by atoms with E-state index in [1.165, 1.54) is 18.5 Å². The van der Waals surface area contributed by atoms with Crippen LogP contribution in [0.1, 0.15) is 24.2 Å². The van der Waals surface area contributed by atoms with Crippen molar-refractivity contribution in [3.63, 3.8) is 0 Å². The Morgan fingerprint density at radius 2 is 1.96 bits per heavy atom. The van der Waals surface area contributed by atoms with Gasteiger partial charge in [0.15, 0.2) is 12.0 Å². The summed E-state index contributed by atoms with van der Waals surface area (Å²) in [6.07, 6.45) is 2.05. The molecule has 1 saturated heterocycles. The molecule has 2 aliphatic heterocycles. The Kier molecular flexibility index (Phi) is 2.97. The average molecular weight is 346 g/mol. The number of halogens is 3. The molecule has 25 heavy (non-hydrogen) atoms. The van der Waals surface area contributed by atoms with E-state index in [-0.39, 0.29) is 24.6 Å². The van der Waals surface area contributed by atoms with E-state index in [4.69, 9.17) is 4.74 Å². The number of fused-ring (bicyclic) bond motifs is 3. The summed E-state index contributed by atoms with van der Waals surface area (Å²) >= 11 is 0. The summed E-state index contributed by atoms with van der Waals surface area (Å²) < 4.78 is 49.2. The highest BCUT2D eigenvalue weighted by atomic mass is 19.1. The Balaban J connectivity index is 1.59. The zero-order chi connectivity index (χ0) is 17.2. The van der Waals surface area contributed by atoms with Crippen molar-refractivity contribution in [2.24, 2.45) is 0 Å². The zero-order valence-corrected chi connectivity index (χ0v) is 13.0. The third-order valence-corrected chi connectivity index (χ3v) is 4.78. The van der Waals surface area contributed by atoms with Gasteiger partial charge in [0.1, 0.15) is 11.6 Å². The van der Waals surface area contributed by atoms with Gasteiger partial charge < -0.3 is 9.30 Å². The summed E-state index contributed by atoms with van der Waals surface area (Å²) in [6, 6.07) is 2.91. The monoisotopic (exact) mass is 346 g/mol. The summed E-state index contributed by atoms with van der Waals surface area (Å²) in [6.45, 7) is 0.371. The topological polar surface area (TPSA) is 52.8 Å². The molecule has 0 spiro atoms. The van der Waals surface area contributed by atoms with Gasteiger partial charge in [0, 0.05) is 42.6 Å². The lowest BCUT2D eigenvalue weighted by atomic mass is 10.0. The minimum Gasteiger partial charge on any atom is -0.374 e. The third kappa shape index (κ3) is 2.10. The maximum atomic E-state index is 14.5. The number of hydrogen-bond donors (Lipinski definition) is 0. The van der Waals surface area contributed by atoms with Gasteiger partial charge in [-0.2, -0.15) is 0 Å². The summed E-state index contributed by atoms with van der Waals surface area (Å²) in [5.41, 5.74) is 0.137. The van der Waals surface area contributed by atoms with Crippen LogP contribution in [0.3, 0.4) is 0 Å². The van der Waals surface area contributed by atoms with Gasteiger partial charge in [-0.25, -0.2) is 28.1 Å². The number of aromatic nitrogens is 4. The molecule has 2 aliphatic rings. The smallest absolute Gasteiger partial charge is 0.215 e. The van der Waals surface area contributed by atoms with E-state index in [9.17, 15) is 13.2 Å². The molecule has 0 bridgehead atoms. The van der Waals surface area contributed by atoms with Crippen LogP contribution in [0.2, 0.25) is 0 Å². The maximum absolute atomic E-state index is 14.5. The summed E-state index contributed by atoms with van der Waals surface area (Å²) in [4.78, 5) is 12.2. The van der Waals surface area contributed by atoms with E-state index < -0.39 is 17.7 Å². The molecule has 0 N–H and O–H groups in total. The van der Waals surface area contributed by atoms with Gasteiger partial charge in [0.05, 0.1) is 24.2 Å². The normalized spacial score (nSPS) is 21.3. The molecule has 0 amide bonds. The molecule has 5 rings (SSSR count). The summed E-state index contributed by atoms with van der Waals surface area (Å²) in [7, 11) is 0. The molecule has 1 atom stereocenters. The lowest BCUT2D eigenvalue weighted by Crippen LogP contribution is -2.43. The highest BCUT2D eigenvalue weighted by Gasteiger charge is 2.43. The minimum atomic E-state index is -1.66. The van der Waals surface area contributed by atoms with Gasteiger partial charge in [0.2, 0.25) is 5.67 Å². The highest BCUT2D eigenvalue weighted by Crippen LogP contribution is 2.36. The van der Waals surface area contributed by atoms with Gasteiger partial charge in [0.25, 0.3) is 0 Å². The number of benzene rings is 1. The van der Waals surface area contributed by atoms with Crippen LogP contribution in [-0.4, -0.2) is 32.7 Å². The molecular formula is C17H13F3N4O. The molecule has 1 aromatic carbocycles. The van der Waals surface area contributed by atoms with Crippen LogP contribution in [-0.2, 0) is 17.0 Å². The molecule has 8 heteroatoms. The molecule has 3 aromatic rings. The Morgan fingerprint density at radius 1 is 1.20 bits per heavy atom. The van der Waals surface area contributed by atoms with Crippen LogP contribution in [0, 0.1) is 5.82 Å². The lowest BCUT2D eigenvalue weighted by Gasteiger charge is -2.31. The van der Waals surface area contributed by atoms with E-state index >= 15 is 0 Å². The quantitative estimate of drug-likeness (QED) is 0.715. The van der Waals surface area contributed by atoms with Crippen molar-refractivity contribution in [2.75, 3.05) is 13.2 Å². The van der Waals surface area contributed by atoms with Crippen molar-refractivity contribution in [3.05, 3.63) is 42.0 Å². The van der Waals surface area contributed by atoms with Crippen molar-refractivity contribution < 1.29 is 17.9 Å². The predicted molar refractivity (Wildman–Crippen MR) is 82.8 cm³/mol. The molecule has 1 unspecified atom stereocenters. The predicted octanol–water partition coefficient (Wildman–Crippen LogP) is 3.24. The molecule has 2 aromatic heterocycles. The van der Waals surface area contributed by atoms with Crippen molar-refractivity contribution >= 4 is 11.0 Å². The highest BCUT2D eigenvalue weighted by molar-refractivity contribution is 5.83. The Morgan fingerprint density at radius 3 is 2.64 bits per heavy atom. The van der Waals surface area contributed by atoms with E-state index in [0.29, 0.717) is 35.4 Å². The van der Waals surface area contributed by atoms with Crippen LogP contribution in [0.15, 0.2) is 24.5 Å². The number of ether oxygens (including phenoxy) is 1. The second-order valence-corrected chi connectivity index (χ2v) is 6.45. The second kappa shape index (κ2) is 5.01. The minimum absolute atomic E-state index is 0.0366. The molecule has 128 valence electrons. The molecule has 0 aliphatic carbocycles. The number of aryl methyl sites for hydroxylation is 1. The molecule has 0 radical (unpaired) electrons. The van der Waals surface area contributed by atoms with Crippen molar-refractivity contribution in [3.8, 4) is 11.1 Å². The first-order valence-electron chi connectivity index (χ1n) is 7.98. The molecule has 1 fully saturated rings. The first-order valence-corrected chi connectivity index (χ1v) is 7.98. The second-order valence-electron chi connectivity index (χ2n) is 6.45. The standard InChI is InChI=1S/C17H13F3N4O/c18-11-1-2-24-14-3-10(12(19)4-13(14)23-15(11)24)9-5-21-16(22-6-9)17(20)7-25-8-17/h3-6,11H,1-2,7-8H2. The summed E-state index contributed by atoms with van der Waals surface area (Å²) in [5, 5.41) is 0. The summed E-state index contributed by atoms with van der Waals surface area (Å²) in [5.74, 6) is -0.130. The van der Waals surface area contributed by atoms with Crippen LogP contribution in [0.5, 0.6) is 0 Å². The van der Waals surface area contributed by atoms with Crippen molar-refractivity contribution in [1.82, 2.24) is 19.5 Å². The van der Waals surface area contributed by atoms with Gasteiger partial charge in [-0.1, -0.05) is 0 Å². The Bertz CT molecular complexity index is 982. The largest absolute Gasteiger partial charge is 0.374 e. The number of rotatable bonds is 2. The fourth-order valence-electron chi connectivity index (χ4n) is 3.34.